The summed E-state index contributed by atoms with van der Waals surface area (Å²) in [6.07, 6.45) is 0. The maximum absolute atomic E-state index is 11.6. The molecule has 21 heavy (non-hydrogen) atoms. The molecule has 7 heteroatoms. The van der Waals surface area contributed by atoms with E-state index in [4.69, 9.17) is 5.84 Å². The molecular formula is C14H19N5OS. The van der Waals surface area contributed by atoms with Gasteiger partial charge in [-0.3, -0.25) is 4.79 Å². The average molecular weight is 305 g/mol. The van der Waals surface area contributed by atoms with Gasteiger partial charge in [-0.25, -0.2) is 4.68 Å². The van der Waals surface area contributed by atoms with Crippen molar-refractivity contribution >= 4 is 17.7 Å². The molecule has 0 aliphatic rings. The van der Waals surface area contributed by atoms with Crippen LogP contribution in [0.1, 0.15) is 19.4 Å². The lowest BCUT2D eigenvalue weighted by molar-refractivity contribution is -0.119. The third-order valence-corrected chi connectivity index (χ3v) is 3.78. The zero-order chi connectivity index (χ0) is 15.4. The predicted octanol–water partition coefficient (Wildman–Crippen LogP) is 1.58. The number of nitrogens with one attached hydrogen (secondary N) is 1. The van der Waals surface area contributed by atoms with Gasteiger partial charge in [0.05, 0.1) is 5.75 Å². The summed E-state index contributed by atoms with van der Waals surface area (Å²) in [6, 6.07) is 7.95. The molecule has 0 spiro atoms. The smallest absolute Gasteiger partial charge is 0.230 e. The molecule has 112 valence electrons. The number of hydrogen-bond acceptors (Lipinski definition) is 5. The van der Waals surface area contributed by atoms with Crippen molar-refractivity contribution < 1.29 is 4.79 Å². The highest BCUT2D eigenvalue weighted by molar-refractivity contribution is 7.99. The number of nitrogen functional groups attached to an aromatic ring is 1. The van der Waals surface area contributed by atoms with Crippen LogP contribution in [0.3, 0.4) is 0 Å². The second-order valence-corrected chi connectivity index (χ2v) is 5.94. The molecule has 2 aromatic rings. The van der Waals surface area contributed by atoms with Gasteiger partial charge in [-0.1, -0.05) is 36.0 Å². The highest BCUT2D eigenvalue weighted by Gasteiger charge is 2.15. The van der Waals surface area contributed by atoms with Gasteiger partial charge >= 0.3 is 0 Å². The molecule has 0 aliphatic carbocycles. The number of aryl methyl sites for hydroxylation is 1. The summed E-state index contributed by atoms with van der Waals surface area (Å²) in [6.45, 7) is 5.83. The Morgan fingerprint density at radius 1 is 1.38 bits per heavy atom. The fourth-order valence-electron chi connectivity index (χ4n) is 1.88. The first-order chi connectivity index (χ1) is 9.99. The van der Waals surface area contributed by atoms with E-state index in [1.54, 1.807) is 0 Å². The SMILES string of the molecule is Cc1ccccc1-c1nnc(SCC(=O)NC(C)C)n1N. The molecular weight excluding hydrogens is 286 g/mol. The maximum Gasteiger partial charge on any atom is 0.230 e. The highest BCUT2D eigenvalue weighted by atomic mass is 32.2. The second-order valence-electron chi connectivity index (χ2n) is 5.00. The van der Waals surface area contributed by atoms with Crippen LogP contribution >= 0.6 is 11.8 Å². The van der Waals surface area contributed by atoms with Gasteiger partial charge in [0.25, 0.3) is 0 Å². The average Bonchev–Trinajstić information content (AvgIpc) is 2.77. The van der Waals surface area contributed by atoms with Crippen molar-refractivity contribution in [3.8, 4) is 11.4 Å². The predicted molar refractivity (Wildman–Crippen MR) is 84.3 cm³/mol. The molecule has 6 nitrogen and oxygen atoms in total. The first-order valence-corrected chi connectivity index (χ1v) is 7.66. The summed E-state index contributed by atoms with van der Waals surface area (Å²) in [7, 11) is 0. The van der Waals surface area contributed by atoms with Gasteiger partial charge in [-0.05, 0) is 26.3 Å². The maximum atomic E-state index is 11.6. The number of hydrogen-bond donors (Lipinski definition) is 2. The zero-order valence-corrected chi connectivity index (χ0v) is 13.1. The van der Waals surface area contributed by atoms with Crippen molar-refractivity contribution in [2.75, 3.05) is 11.6 Å². The molecule has 1 aromatic carbocycles. The molecule has 0 saturated carbocycles. The number of carbonyl (C=O) groups is 1. The van der Waals surface area contributed by atoms with Gasteiger partial charge in [0.2, 0.25) is 11.1 Å². The number of nitrogens with zero attached hydrogens (tertiary/aromatic N) is 3. The van der Waals surface area contributed by atoms with E-state index in [2.05, 4.69) is 15.5 Å². The molecule has 1 aromatic heterocycles. The molecule has 0 radical (unpaired) electrons. The Bertz CT molecular complexity index is 638. The highest BCUT2D eigenvalue weighted by Crippen LogP contribution is 2.23. The van der Waals surface area contributed by atoms with Crippen LogP contribution in [0.2, 0.25) is 0 Å². The van der Waals surface area contributed by atoms with Crippen LogP contribution in [0, 0.1) is 6.92 Å². The Hall–Kier alpha value is -2.02. The fourth-order valence-corrected chi connectivity index (χ4v) is 2.54. The summed E-state index contributed by atoms with van der Waals surface area (Å²) >= 11 is 1.27. The van der Waals surface area contributed by atoms with Crippen LogP contribution in [0.25, 0.3) is 11.4 Å². The Kier molecular flexibility index (Phi) is 4.85. The summed E-state index contributed by atoms with van der Waals surface area (Å²) in [5.74, 6) is 6.85. The standard InChI is InChI=1S/C14H19N5OS/c1-9(2)16-12(20)8-21-14-18-17-13(19(14)15)11-7-5-4-6-10(11)3/h4-7,9H,8,15H2,1-3H3,(H,16,20). The van der Waals surface area contributed by atoms with E-state index in [0.29, 0.717) is 11.0 Å². The lowest BCUT2D eigenvalue weighted by Crippen LogP contribution is -2.31. The van der Waals surface area contributed by atoms with Crippen LogP contribution in [0.5, 0.6) is 0 Å². The van der Waals surface area contributed by atoms with E-state index in [9.17, 15) is 4.79 Å². The molecule has 0 aliphatic heterocycles. The molecule has 0 bridgehead atoms. The minimum absolute atomic E-state index is 0.0459. The van der Waals surface area contributed by atoms with Crippen molar-refractivity contribution in [2.24, 2.45) is 0 Å². The van der Waals surface area contributed by atoms with Crippen LogP contribution in [0.15, 0.2) is 29.4 Å². The van der Waals surface area contributed by atoms with Gasteiger partial charge in [0.1, 0.15) is 0 Å². The number of amides is 1. The van der Waals surface area contributed by atoms with Crippen molar-refractivity contribution in [1.82, 2.24) is 20.2 Å². The lowest BCUT2D eigenvalue weighted by Gasteiger charge is -2.08. The lowest BCUT2D eigenvalue weighted by atomic mass is 10.1. The van der Waals surface area contributed by atoms with Crippen molar-refractivity contribution in [3.63, 3.8) is 0 Å². The van der Waals surface area contributed by atoms with Crippen LogP contribution < -0.4 is 11.2 Å². The first-order valence-electron chi connectivity index (χ1n) is 6.67. The van der Waals surface area contributed by atoms with Gasteiger partial charge in [0, 0.05) is 11.6 Å². The Balaban J connectivity index is 2.11. The number of nitrogens with two attached hydrogens (primary N) is 1. The Labute approximate surface area is 128 Å². The number of aromatic nitrogens is 3. The van der Waals surface area contributed by atoms with Crippen LogP contribution in [0.4, 0.5) is 0 Å². The summed E-state index contributed by atoms with van der Waals surface area (Å²) in [5, 5.41) is 11.5. The number of carbonyl (C=O) groups excluding carboxylic acids is 1. The molecule has 3 N–H and O–H groups in total. The topological polar surface area (TPSA) is 85.8 Å². The summed E-state index contributed by atoms with van der Waals surface area (Å²) in [4.78, 5) is 11.6. The largest absolute Gasteiger partial charge is 0.353 e. The molecule has 0 atom stereocenters. The third-order valence-electron chi connectivity index (χ3n) is 2.83. The zero-order valence-electron chi connectivity index (χ0n) is 12.3. The number of benzene rings is 1. The monoisotopic (exact) mass is 305 g/mol. The molecule has 0 fully saturated rings. The molecule has 0 unspecified atom stereocenters. The van der Waals surface area contributed by atoms with E-state index in [0.717, 1.165) is 11.1 Å². The minimum atomic E-state index is -0.0459. The molecule has 0 saturated heterocycles. The fraction of sp³-hybridized carbons (Fsp3) is 0.357. The van der Waals surface area contributed by atoms with E-state index in [-0.39, 0.29) is 17.7 Å². The van der Waals surface area contributed by atoms with E-state index in [1.807, 2.05) is 45.0 Å². The Morgan fingerprint density at radius 3 is 2.76 bits per heavy atom. The quantitative estimate of drug-likeness (QED) is 0.647. The van der Waals surface area contributed by atoms with Gasteiger partial charge < -0.3 is 11.2 Å². The number of rotatable bonds is 5. The minimum Gasteiger partial charge on any atom is -0.353 e. The second kappa shape index (κ2) is 6.62. The van der Waals surface area contributed by atoms with Gasteiger partial charge in [-0.15, -0.1) is 10.2 Å². The van der Waals surface area contributed by atoms with E-state index in [1.165, 1.54) is 16.4 Å². The van der Waals surface area contributed by atoms with Crippen LogP contribution in [-0.2, 0) is 4.79 Å². The van der Waals surface area contributed by atoms with E-state index >= 15 is 0 Å². The van der Waals surface area contributed by atoms with Gasteiger partial charge in [0.15, 0.2) is 5.82 Å². The normalized spacial score (nSPS) is 10.9. The van der Waals surface area contributed by atoms with Crippen molar-refractivity contribution in [3.05, 3.63) is 29.8 Å². The summed E-state index contributed by atoms with van der Waals surface area (Å²) in [5.41, 5.74) is 2.01. The summed E-state index contributed by atoms with van der Waals surface area (Å²) < 4.78 is 1.43. The first kappa shape index (κ1) is 15.4. The van der Waals surface area contributed by atoms with Crippen LogP contribution in [-0.4, -0.2) is 32.6 Å². The molecule has 1 heterocycles. The van der Waals surface area contributed by atoms with Crippen molar-refractivity contribution in [2.45, 2.75) is 32.0 Å². The third kappa shape index (κ3) is 3.75. The molecule has 2 rings (SSSR count). The Morgan fingerprint density at radius 2 is 2.10 bits per heavy atom. The van der Waals surface area contributed by atoms with Gasteiger partial charge in [-0.2, -0.15) is 0 Å². The molecule has 1 amide bonds. The number of thioether (sulfide) groups is 1. The van der Waals surface area contributed by atoms with E-state index < -0.39 is 0 Å². The van der Waals surface area contributed by atoms with Crippen molar-refractivity contribution in [1.29, 1.82) is 0 Å².